The van der Waals surface area contributed by atoms with Gasteiger partial charge in [0.15, 0.2) is 0 Å². The number of ether oxygens (including phenoxy) is 2. The van der Waals surface area contributed by atoms with Gasteiger partial charge in [-0.2, -0.15) is 9.57 Å². The zero-order valence-electron chi connectivity index (χ0n) is 19.2. The van der Waals surface area contributed by atoms with E-state index in [0.29, 0.717) is 20.3 Å². The first-order valence-corrected chi connectivity index (χ1v) is 13.6. The zero-order valence-corrected chi connectivity index (χ0v) is 21.6. The molecule has 12 heteroatoms. The van der Waals surface area contributed by atoms with E-state index in [1.165, 1.54) is 28.6 Å². The molecule has 2 aromatic rings. The Hall–Kier alpha value is -2.43. The number of carbonyl (C=O) groups is 2. The lowest BCUT2D eigenvalue weighted by molar-refractivity contribution is -0.0440. The van der Waals surface area contributed by atoms with Crippen molar-refractivity contribution in [1.29, 1.82) is 5.26 Å². The molecule has 1 fully saturated rings. The minimum atomic E-state index is -3.73. The molecule has 9 nitrogen and oxygen atoms in total. The van der Waals surface area contributed by atoms with Crippen molar-refractivity contribution in [3.05, 3.63) is 40.3 Å². The summed E-state index contributed by atoms with van der Waals surface area (Å²) in [6.07, 6.45) is -0.421. The van der Waals surface area contributed by atoms with Crippen LogP contribution >= 0.6 is 23.1 Å². The molecule has 1 aliphatic heterocycles. The van der Waals surface area contributed by atoms with Gasteiger partial charge in [-0.15, -0.1) is 11.3 Å². The van der Waals surface area contributed by atoms with Gasteiger partial charge in [-0.3, -0.25) is 4.79 Å². The van der Waals surface area contributed by atoms with Gasteiger partial charge in [-0.25, -0.2) is 13.2 Å². The summed E-state index contributed by atoms with van der Waals surface area (Å²) in [6, 6.07) is 5.64. The van der Waals surface area contributed by atoms with Crippen LogP contribution in [0.1, 0.15) is 46.4 Å². The monoisotopic (exact) mass is 523 g/mol. The van der Waals surface area contributed by atoms with Gasteiger partial charge in [0, 0.05) is 18.7 Å². The van der Waals surface area contributed by atoms with Crippen LogP contribution in [0.3, 0.4) is 0 Å². The van der Waals surface area contributed by atoms with Crippen LogP contribution in [0.4, 0.5) is 5.00 Å². The molecule has 0 bridgehead atoms. The van der Waals surface area contributed by atoms with E-state index in [4.69, 9.17) is 14.7 Å². The van der Waals surface area contributed by atoms with Crippen LogP contribution in [0.2, 0.25) is 0 Å². The summed E-state index contributed by atoms with van der Waals surface area (Å²) in [5.41, 5.74) is 0.792. The number of anilines is 1. The van der Waals surface area contributed by atoms with Gasteiger partial charge in [0.2, 0.25) is 10.0 Å². The lowest BCUT2D eigenvalue weighted by Gasteiger charge is -2.34. The van der Waals surface area contributed by atoms with Crippen molar-refractivity contribution >= 4 is 50.0 Å². The number of thioether (sulfide) groups is 1. The second kappa shape index (κ2) is 10.9. The second-order valence-electron chi connectivity index (χ2n) is 7.69. The highest BCUT2D eigenvalue weighted by atomic mass is 32.2. The van der Waals surface area contributed by atoms with E-state index >= 15 is 0 Å². The summed E-state index contributed by atoms with van der Waals surface area (Å²) in [6.45, 7) is 7.75. The Morgan fingerprint density at radius 3 is 2.44 bits per heavy atom. The Morgan fingerprint density at radius 1 is 1.26 bits per heavy atom. The number of benzene rings is 1. The van der Waals surface area contributed by atoms with Crippen LogP contribution in [0, 0.1) is 17.6 Å². The Bertz CT molecular complexity index is 1210. The van der Waals surface area contributed by atoms with Crippen LogP contribution in [-0.2, 0) is 19.5 Å². The van der Waals surface area contributed by atoms with Gasteiger partial charge >= 0.3 is 5.97 Å². The highest BCUT2D eigenvalue weighted by Gasteiger charge is 2.32. The second-order valence-corrected chi connectivity index (χ2v) is 11.4. The summed E-state index contributed by atoms with van der Waals surface area (Å²) in [4.78, 5) is 25.9. The smallest absolute Gasteiger partial charge is 0.348 e. The number of hydrogen-bond donors (Lipinski definition) is 1. The highest BCUT2D eigenvalue weighted by Crippen LogP contribution is 2.40. The number of morpholine rings is 1. The first-order valence-electron chi connectivity index (χ1n) is 10.5. The predicted octanol–water partition coefficient (Wildman–Crippen LogP) is 3.86. The Balaban J connectivity index is 1.81. The summed E-state index contributed by atoms with van der Waals surface area (Å²) >= 11 is 1.87. The van der Waals surface area contributed by atoms with Crippen molar-refractivity contribution in [3.63, 3.8) is 0 Å². The van der Waals surface area contributed by atoms with E-state index in [9.17, 15) is 18.0 Å². The van der Waals surface area contributed by atoms with E-state index < -0.39 is 21.9 Å². The Labute approximate surface area is 207 Å². The number of sulfonamides is 1. The first-order chi connectivity index (χ1) is 16.1. The van der Waals surface area contributed by atoms with Crippen molar-refractivity contribution in [2.75, 3.05) is 25.0 Å². The maximum Gasteiger partial charge on any atom is 0.348 e. The molecule has 1 N–H and O–H groups in total. The molecule has 34 heavy (non-hydrogen) atoms. The van der Waals surface area contributed by atoms with Crippen molar-refractivity contribution in [2.24, 2.45) is 0 Å². The lowest BCUT2D eigenvalue weighted by Crippen LogP contribution is -2.48. The molecule has 1 aromatic carbocycles. The topological polar surface area (TPSA) is 126 Å². The zero-order chi connectivity index (χ0) is 25.0. The fourth-order valence-electron chi connectivity index (χ4n) is 3.57. The van der Waals surface area contributed by atoms with Crippen LogP contribution in [0.5, 0.6) is 0 Å². The largest absolute Gasteiger partial charge is 0.462 e. The van der Waals surface area contributed by atoms with Gasteiger partial charge in [0.1, 0.15) is 15.3 Å². The third kappa shape index (κ3) is 5.61. The molecular formula is C22H25N3O6S3. The molecule has 2 heterocycles. The summed E-state index contributed by atoms with van der Waals surface area (Å²) in [7, 11) is -3.73. The number of nitriles is 1. The van der Waals surface area contributed by atoms with Crippen LogP contribution < -0.4 is 5.32 Å². The highest BCUT2D eigenvalue weighted by molar-refractivity contribution is 8.04. The number of esters is 1. The average molecular weight is 524 g/mol. The third-order valence-corrected chi connectivity index (χ3v) is 9.04. The van der Waals surface area contributed by atoms with Crippen LogP contribution in [0.15, 0.2) is 34.1 Å². The predicted molar refractivity (Wildman–Crippen MR) is 130 cm³/mol. The number of carbonyl (C=O) groups excluding carboxylic acids is 2. The molecular weight excluding hydrogens is 498 g/mol. The number of amides is 1. The fourth-order valence-corrected chi connectivity index (χ4v) is 6.96. The number of nitrogens with one attached hydrogen (secondary N) is 1. The van der Waals surface area contributed by atoms with Crippen molar-refractivity contribution in [3.8, 4) is 5.40 Å². The Kier molecular flexibility index (Phi) is 8.38. The van der Waals surface area contributed by atoms with Crippen LogP contribution in [-0.4, -0.2) is 56.5 Å². The quantitative estimate of drug-likeness (QED) is 0.329. The third-order valence-electron chi connectivity index (χ3n) is 5.07. The molecule has 3 rings (SSSR count). The number of nitrogens with zero attached hydrogens (tertiary/aromatic N) is 2. The van der Waals surface area contributed by atoms with E-state index in [2.05, 4.69) is 5.32 Å². The van der Waals surface area contributed by atoms with E-state index in [1.54, 1.807) is 13.8 Å². The molecule has 1 aliphatic rings. The van der Waals surface area contributed by atoms with Gasteiger partial charge in [-0.1, -0.05) is 0 Å². The number of thiocyanates is 1. The summed E-state index contributed by atoms with van der Waals surface area (Å²) in [5.74, 6) is -1.01. The minimum absolute atomic E-state index is 0.0858. The fraction of sp³-hybridized carbons (Fsp3) is 0.409. The molecule has 1 aromatic heterocycles. The normalized spacial score (nSPS) is 18.8. The van der Waals surface area contributed by atoms with Gasteiger partial charge in [0.25, 0.3) is 5.91 Å². The summed E-state index contributed by atoms with van der Waals surface area (Å²) in [5, 5.41) is 14.2. The Morgan fingerprint density at radius 2 is 1.88 bits per heavy atom. The van der Waals surface area contributed by atoms with Gasteiger partial charge < -0.3 is 14.8 Å². The molecule has 2 unspecified atom stereocenters. The van der Waals surface area contributed by atoms with E-state index in [0.717, 1.165) is 23.1 Å². The molecule has 0 radical (unpaired) electrons. The van der Waals surface area contributed by atoms with Gasteiger partial charge in [0.05, 0.1) is 28.6 Å². The number of rotatable bonds is 7. The van der Waals surface area contributed by atoms with Crippen molar-refractivity contribution < 1.29 is 27.5 Å². The number of thiophene rings is 1. The van der Waals surface area contributed by atoms with E-state index in [1.807, 2.05) is 19.2 Å². The maximum absolute atomic E-state index is 13.0. The molecule has 0 aliphatic carbocycles. The molecule has 1 amide bonds. The minimum Gasteiger partial charge on any atom is -0.462 e. The molecule has 2 atom stereocenters. The van der Waals surface area contributed by atoms with Crippen molar-refractivity contribution in [2.45, 2.75) is 49.7 Å². The first kappa shape index (κ1) is 26.2. The van der Waals surface area contributed by atoms with Crippen molar-refractivity contribution in [1.82, 2.24) is 4.31 Å². The number of hydrogen-bond acceptors (Lipinski definition) is 9. The summed E-state index contributed by atoms with van der Waals surface area (Å²) < 4.78 is 38.1. The SMILES string of the molecule is CCOC(=O)c1sc(NC(=O)c2ccc(S(=O)(=O)N3CC(C)OC(C)C3)cc2)c(SC#N)c1C. The van der Waals surface area contributed by atoms with E-state index in [-0.39, 0.29) is 42.4 Å². The molecule has 182 valence electrons. The molecule has 0 spiro atoms. The average Bonchev–Trinajstić information content (AvgIpc) is 3.09. The lowest BCUT2D eigenvalue weighted by atomic mass is 10.2. The standard InChI is InChI=1S/C22H25N3O6S3/c1-5-30-22(27)19-15(4)18(32-12-23)21(33-19)24-20(26)16-6-8-17(9-7-16)34(28,29)25-10-13(2)31-14(3)11-25/h6-9,13-14H,5,10-11H2,1-4H3,(H,24,26). The van der Waals surface area contributed by atoms with Gasteiger partial charge in [-0.05, 0) is 69.3 Å². The molecule has 0 saturated carbocycles. The van der Waals surface area contributed by atoms with Crippen LogP contribution in [0.25, 0.3) is 0 Å². The molecule has 1 saturated heterocycles. The maximum atomic E-state index is 13.0.